The molecule has 0 aliphatic carbocycles. The predicted octanol–water partition coefficient (Wildman–Crippen LogP) is 2.60. The Balaban J connectivity index is 1.45. The van der Waals surface area contributed by atoms with Crippen LogP contribution in [0.1, 0.15) is 16.7 Å². The Kier molecular flexibility index (Phi) is 6.12. The lowest BCUT2D eigenvalue weighted by molar-refractivity contribution is -0.140. The Labute approximate surface area is 160 Å². The highest BCUT2D eigenvalue weighted by molar-refractivity contribution is 5.80. The highest BCUT2D eigenvalue weighted by Gasteiger charge is 2.24. The third-order valence-corrected chi connectivity index (χ3v) is 4.91. The van der Waals surface area contributed by atoms with E-state index in [1.807, 2.05) is 67.3 Å². The normalized spacial score (nSPS) is 14.1. The van der Waals surface area contributed by atoms with E-state index in [2.05, 4.69) is 0 Å². The Bertz CT molecular complexity index is 793. The predicted molar refractivity (Wildman–Crippen MR) is 105 cm³/mol. The summed E-state index contributed by atoms with van der Waals surface area (Å²) in [4.78, 5) is 28.5. The number of rotatable bonds is 5. The van der Waals surface area contributed by atoms with Gasteiger partial charge in [0, 0.05) is 26.2 Å². The van der Waals surface area contributed by atoms with Crippen LogP contribution in [0.3, 0.4) is 0 Å². The van der Waals surface area contributed by atoms with Crippen molar-refractivity contribution in [3.8, 4) is 5.75 Å². The summed E-state index contributed by atoms with van der Waals surface area (Å²) in [5, 5.41) is 0. The van der Waals surface area contributed by atoms with Crippen LogP contribution in [0.15, 0.2) is 48.5 Å². The number of ether oxygens (including phenoxy) is 1. The molecular formula is C22H26N2O3. The molecule has 1 saturated heterocycles. The van der Waals surface area contributed by atoms with Crippen LogP contribution in [0.2, 0.25) is 0 Å². The Hall–Kier alpha value is -2.82. The monoisotopic (exact) mass is 366 g/mol. The fourth-order valence-corrected chi connectivity index (χ4v) is 3.15. The van der Waals surface area contributed by atoms with Crippen molar-refractivity contribution in [2.45, 2.75) is 20.3 Å². The molecule has 5 nitrogen and oxygen atoms in total. The Morgan fingerprint density at radius 2 is 1.44 bits per heavy atom. The van der Waals surface area contributed by atoms with E-state index in [4.69, 9.17) is 4.74 Å². The summed E-state index contributed by atoms with van der Waals surface area (Å²) in [7, 11) is 0. The molecule has 0 radical (unpaired) electrons. The van der Waals surface area contributed by atoms with E-state index in [1.165, 1.54) is 5.56 Å². The maximum atomic E-state index is 12.5. The fraction of sp³-hybridized carbons (Fsp3) is 0.364. The fourth-order valence-electron chi connectivity index (χ4n) is 3.15. The third-order valence-electron chi connectivity index (χ3n) is 4.91. The number of hydrogen-bond donors (Lipinski definition) is 0. The molecule has 0 atom stereocenters. The van der Waals surface area contributed by atoms with Crippen LogP contribution in [0.25, 0.3) is 0 Å². The van der Waals surface area contributed by atoms with Gasteiger partial charge in [-0.1, -0.05) is 48.0 Å². The average Bonchev–Trinajstić information content (AvgIpc) is 2.69. The number of benzene rings is 2. The average molecular weight is 366 g/mol. The molecule has 0 N–H and O–H groups in total. The summed E-state index contributed by atoms with van der Waals surface area (Å²) in [5.41, 5.74) is 3.22. The first-order chi connectivity index (χ1) is 13.0. The lowest BCUT2D eigenvalue weighted by atomic mass is 10.1. The molecule has 2 amide bonds. The maximum absolute atomic E-state index is 12.5. The van der Waals surface area contributed by atoms with Gasteiger partial charge in [0.15, 0.2) is 6.61 Å². The minimum absolute atomic E-state index is 0.0299. The van der Waals surface area contributed by atoms with E-state index in [1.54, 1.807) is 4.90 Å². The molecule has 0 bridgehead atoms. The van der Waals surface area contributed by atoms with E-state index < -0.39 is 0 Å². The van der Waals surface area contributed by atoms with Gasteiger partial charge in [0.25, 0.3) is 5.91 Å². The zero-order valence-electron chi connectivity index (χ0n) is 16.0. The quantitative estimate of drug-likeness (QED) is 0.817. The van der Waals surface area contributed by atoms with E-state index in [0.717, 1.165) is 16.9 Å². The smallest absolute Gasteiger partial charge is 0.260 e. The number of hydrogen-bond acceptors (Lipinski definition) is 3. The summed E-state index contributed by atoms with van der Waals surface area (Å²) < 4.78 is 5.64. The van der Waals surface area contributed by atoms with Gasteiger partial charge >= 0.3 is 0 Å². The van der Waals surface area contributed by atoms with Gasteiger partial charge in [-0.3, -0.25) is 9.59 Å². The summed E-state index contributed by atoms with van der Waals surface area (Å²) in [5.74, 6) is 0.809. The Morgan fingerprint density at radius 1 is 0.852 bits per heavy atom. The molecule has 27 heavy (non-hydrogen) atoms. The van der Waals surface area contributed by atoms with Crippen LogP contribution in [0.4, 0.5) is 0 Å². The van der Waals surface area contributed by atoms with E-state index in [9.17, 15) is 9.59 Å². The number of amides is 2. The first-order valence-electron chi connectivity index (χ1n) is 9.32. The number of aryl methyl sites for hydroxylation is 2. The second-order valence-electron chi connectivity index (χ2n) is 6.98. The minimum atomic E-state index is -0.0381. The first kappa shape index (κ1) is 19.0. The van der Waals surface area contributed by atoms with E-state index in [-0.39, 0.29) is 18.4 Å². The minimum Gasteiger partial charge on any atom is -0.484 e. The molecule has 142 valence electrons. The van der Waals surface area contributed by atoms with Crippen molar-refractivity contribution < 1.29 is 14.3 Å². The van der Waals surface area contributed by atoms with E-state index >= 15 is 0 Å². The molecule has 0 aromatic heterocycles. The zero-order chi connectivity index (χ0) is 19.2. The molecule has 1 heterocycles. The molecule has 0 saturated carbocycles. The van der Waals surface area contributed by atoms with Crippen molar-refractivity contribution in [3.63, 3.8) is 0 Å². The molecule has 2 aromatic rings. The highest BCUT2D eigenvalue weighted by atomic mass is 16.5. The number of carbonyl (C=O) groups is 2. The summed E-state index contributed by atoms with van der Waals surface area (Å²) in [6.07, 6.45) is 0.407. The molecule has 3 rings (SSSR count). The molecule has 1 fully saturated rings. The largest absolute Gasteiger partial charge is 0.484 e. The standard InChI is InChI=1S/C22H26N2O3/c1-17-7-9-19(10-8-17)15-21(25)23-11-13-24(14-12-23)22(26)16-27-20-6-4-3-5-18(20)2/h3-10H,11-16H2,1-2H3. The van der Waals surface area contributed by atoms with Crippen LogP contribution < -0.4 is 4.74 Å². The SMILES string of the molecule is Cc1ccc(CC(=O)N2CCN(C(=O)COc3ccccc3C)CC2)cc1. The second kappa shape index (κ2) is 8.71. The number of para-hydroxylation sites is 1. The van der Waals surface area contributed by atoms with Crippen LogP contribution >= 0.6 is 0 Å². The third kappa shape index (κ3) is 5.09. The summed E-state index contributed by atoms with van der Waals surface area (Å²) >= 11 is 0. The number of piperazine rings is 1. The van der Waals surface area contributed by atoms with Gasteiger partial charge in [-0.2, -0.15) is 0 Å². The lowest BCUT2D eigenvalue weighted by Crippen LogP contribution is -2.52. The van der Waals surface area contributed by atoms with Gasteiger partial charge in [-0.25, -0.2) is 0 Å². The van der Waals surface area contributed by atoms with Crippen molar-refractivity contribution in [2.24, 2.45) is 0 Å². The summed E-state index contributed by atoms with van der Waals surface area (Å²) in [6, 6.07) is 15.7. The molecular weight excluding hydrogens is 340 g/mol. The van der Waals surface area contributed by atoms with Gasteiger partial charge in [-0.05, 0) is 31.0 Å². The molecule has 1 aliphatic rings. The van der Waals surface area contributed by atoms with Gasteiger partial charge in [-0.15, -0.1) is 0 Å². The molecule has 5 heteroatoms. The van der Waals surface area contributed by atoms with Crippen molar-refractivity contribution in [1.29, 1.82) is 0 Å². The second-order valence-corrected chi connectivity index (χ2v) is 6.98. The highest BCUT2D eigenvalue weighted by Crippen LogP contribution is 2.16. The van der Waals surface area contributed by atoms with Crippen molar-refractivity contribution in [2.75, 3.05) is 32.8 Å². The van der Waals surface area contributed by atoms with Gasteiger partial charge in [0.05, 0.1) is 6.42 Å². The van der Waals surface area contributed by atoms with Gasteiger partial charge in [0.2, 0.25) is 5.91 Å². The topological polar surface area (TPSA) is 49.9 Å². The molecule has 0 spiro atoms. The zero-order valence-corrected chi connectivity index (χ0v) is 16.0. The first-order valence-corrected chi connectivity index (χ1v) is 9.32. The number of nitrogens with zero attached hydrogens (tertiary/aromatic N) is 2. The van der Waals surface area contributed by atoms with Crippen molar-refractivity contribution >= 4 is 11.8 Å². The van der Waals surface area contributed by atoms with Crippen LogP contribution in [0, 0.1) is 13.8 Å². The Morgan fingerprint density at radius 3 is 2.07 bits per heavy atom. The molecule has 2 aromatic carbocycles. The maximum Gasteiger partial charge on any atom is 0.260 e. The van der Waals surface area contributed by atoms with Gasteiger partial charge < -0.3 is 14.5 Å². The molecule has 0 unspecified atom stereocenters. The van der Waals surface area contributed by atoms with Crippen molar-refractivity contribution in [3.05, 3.63) is 65.2 Å². The van der Waals surface area contributed by atoms with Crippen LogP contribution in [0.5, 0.6) is 5.75 Å². The number of carbonyl (C=O) groups excluding carboxylic acids is 2. The molecule has 1 aliphatic heterocycles. The van der Waals surface area contributed by atoms with Crippen molar-refractivity contribution in [1.82, 2.24) is 9.80 Å². The van der Waals surface area contributed by atoms with E-state index in [0.29, 0.717) is 32.6 Å². The van der Waals surface area contributed by atoms with Gasteiger partial charge in [0.1, 0.15) is 5.75 Å². The van der Waals surface area contributed by atoms with Crippen LogP contribution in [-0.2, 0) is 16.0 Å². The lowest BCUT2D eigenvalue weighted by Gasteiger charge is -2.34. The summed E-state index contributed by atoms with van der Waals surface area (Å²) in [6.45, 7) is 6.26. The van der Waals surface area contributed by atoms with Crippen LogP contribution in [-0.4, -0.2) is 54.4 Å².